The number of carbonyl (C=O) groups excluding carboxylic acids is 1. The highest BCUT2D eigenvalue weighted by Crippen LogP contribution is 2.35. The molecule has 0 radical (unpaired) electrons. The van der Waals surface area contributed by atoms with Gasteiger partial charge in [0.2, 0.25) is 11.4 Å². The van der Waals surface area contributed by atoms with E-state index in [0.29, 0.717) is 0 Å². The van der Waals surface area contributed by atoms with Crippen molar-refractivity contribution in [1.82, 2.24) is 0 Å². The minimum Gasteiger partial charge on any atom is -0.479 e. The Bertz CT molecular complexity index is 496. The van der Waals surface area contributed by atoms with Gasteiger partial charge in [-0.2, -0.15) is 0 Å². The van der Waals surface area contributed by atoms with Gasteiger partial charge in [-0.3, -0.25) is 9.69 Å². The fourth-order valence-corrected chi connectivity index (χ4v) is 2.16. The Labute approximate surface area is 102 Å². The Balaban J connectivity index is 2.57. The Morgan fingerprint density at radius 1 is 1.11 bits per heavy atom. The first-order valence-electron chi connectivity index (χ1n) is 5.35. The predicted molar refractivity (Wildman–Crippen MR) is 61.2 cm³/mol. The van der Waals surface area contributed by atoms with E-state index in [1.165, 1.54) is 12.1 Å². The molecule has 0 bridgehead atoms. The van der Waals surface area contributed by atoms with Crippen molar-refractivity contribution in [3.63, 3.8) is 0 Å². The Morgan fingerprint density at radius 3 is 2.17 bits per heavy atom. The van der Waals surface area contributed by atoms with Crippen LogP contribution in [0.3, 0.4) is 0 Å². The van der Waals surface area contributed by atoms with Crippen LogP contribution in [0.2, 0.25) is 0 Å². The number of rotatable bonds is 3. The number of hydrogen-bond acceptors (Lipinski definition) is 3. The van der Waals surface area contributed by atoms with Gasteiger partial charge < -0.3 is 10.2 Å². The van der Waals surface area contributed by atoms with Crippen LogP contribution in [0.25, 0.3) is 0 Å². The van der Waals surface area contributed by atoms with Crippen molar-refractivity contribution >= 4 is 23.5 Å². The number of carboxylic acids is 2. The molecule has 1 fully saturated rings. The molecule has 1 heterocycles. The maximum absolute atomic E-state index is 11.8. The molecular weight excluding hydrogens is 238 g/mol. The number of aliphatic carboxylic acids is 2. The van der Waals surface area contributed by atoms with Crippen molar-refractivity contribution in [2.45, 2.75) is 18.4 Å². The number of para-hydroxylation sites is 1. The van der Waals surface area contributed by atoms with Gasteiger partial charge >= 0.3 is 11.9 Å². The smallest absolute Gasteiger partial charge is 0.341 e. The Morgan fingerprint density at radius 2 is 1.67 bits per heavy atom. The highest BCUT2D eigenvalue weighted by Gasteiger charge is 2.58. The van der Waals surface area contributed by atoms with Crippen molar-refractivity contribution < 1.29 is 24.6 Å². The second-order valence-electron chi connectivity index (χ2n) is 4.04. The van der Waals surface area contributed by atoms with E-state index in [9.17, 15) is 24.6 Å². The fourth-order valence-electron chi connectivity index (χ4n) is 2.16. The maximum Gasteiger partial charge on any atom is 0.341 e. The van der Waals surface area contributed by atoms with Crippen molar-refractivity contribution in [1.29, 1.82) is 0 Å². The summed E-state index contributed by atoms with van der Waals surface area (Å²) in [7, 11) is 0. The number of anilines is 1. The lowest BCUT2D eigenvalue weighted by Gasteiger charge is -2.30. The summed E-state index contributed by atoms with van der Waals surface area (Å²) >= 11 is 0. The van der Waals surface area contributed by atoms with Crippen molar-refractivity contribution in [3.8, 4) is 0 Å². The topological polar surface area (TPSA) is 94.9 Å². The van der Waals surface area contributed by atoms with Gasteiger partial charge in [-0.05, 0) is 12.1 Å². The molecule has 0 atom stereocenters. The van der Waals surface area contributed by atoms with E-state index in [1.54, 1.807) is 18.2 Å². The molecule has 18 heavy (non-hydrogen) atoms. The van der Waals surface area contributed by atoms with E-state index in [2.05, 4.69) is 0 Å². The highest BCUT2D eigenvalue weighted by molar-refractivity contribution is 6.17. The molecule has 1 aromatic carbocycles. The molecule has 1 saturated heterocycles. The van der Waals surface area contributed by atoms with Crippen LogP contribution in [0, 0.1) is 0 Å². The van der Waals surface area contributed by atoms with Crippen LogP contribution >= 0.6 is 0 Å². The lowest BCUT2D eigenvalue weighted by molar-refractivity contribution is -0.157. The lowest BCUT2D eigenvalue weighted by atomic mass is 9.96. The number of carboxylic acid groups (broad SMARTS) is 2. The third-order valence-electron chi connectivity index (χ3n) is 3.05. The van der Waals surface area contributed by atoms with Gasteiger partial charge in [-0.1, -0.05) is 18.2 Å². The summed E-state index contributed by atoms with van der Waals surface area (Å²) in [5.41, 5.74) is -1.91. The van der Waals surface area contributed by atoms with Gasteiger partial charge in [0, 0.05) is 18.5 Å². The first kappa shape index (κ1) is 12.1. The maximum atomic E-state index is 11.8. The van der Waals surface area contributed by atoms with E-state index in [1.807, 2.05) is 0 Å². The molecule has 0 saturated carbocycles. The van der Waals surface area contributed by atoms with E-state index < -0.39 is 23.4 Å². The van der Waals surface area contributed by atoms with E-state index in [0.717, 1.165) is 4.90 Å². The summed E-state index contributed by atoms with van der Waals surface area (Å²) in [6.45, 7) is 0. The standard InChI is InChI=1S/C12H11NO5/c14-9-6-7-12(10(15)16,11(17)18)13(9)8-4-2-1-3-5-8/h1-5H,6-7H2,(H,15,16)(H,17,18). The average molecular weight is 249 g/mol. The molecule has 0 aliphatic carbocycles. The van der Waals surface area contributed by atoms with Crippen LogP contribution in [0.1, 0.15) is 12.8 Å². The van der Waals surface area contributed by atoms with Crippen LogP contribution in [0.4, 0.5) is 5.69 Å². The summed E-state index contributed by atoms with van der Waals surface area (Å²) < 4.78 is 0. The summed E-state index contributed by atoms with van der Waals surface area (Å²) in [5, 5.41) is 18.4. The van der Waals surface area contributed by atoms with E-state index >= 15 is 0 Å². The predicted octanol–water partition coefficient (Wildman–Crippen LogP) is 0.721. The second kappa shape index (κ2) is 4.14. The monoisotopic (exact) mass is 249 g/mol. The van der Waals surface area contributed by atoms with Gasteiger partial charge in [-0.15, -0.1) is 0 Å². The largest absolute Gasteiger partial charge is 0.479 e. The Hall–Kier alpha value is -2.37. The van der Waals surface area contributed by atoms with Crippen LogP contribution < -0.4 is 4.90 Å². The molecule has 2 rings (SSSR count). The SMILES string of the molecule is O=C1CCC(C(=O)O)(C(=O)O)N1c1ccccc1. The summed E-state index contributed by atoms with van der Waals surface area (Å²) in [6, 6.07) is 7.98. The van der Waals surface area contributed by atoms with Crippen molar-refractivity contribution in [3.05, 3.63) is 30.3 Å². The fraction of sp³-hybridized carbons (Fsp3) is 0.250. The second-order valence-corrected chi connectivity index (χ2v) is 4.04. The van der Waals surface area contributed by atoms with Gasteiger partial charge in [0.15, 0.2) is 0 Å². The molecule has 0 aromatic heterocycles. The van der Waals surface area contributed by atoms with Crippen molar-refractivity contribution in [2.75, 3.05) is 4.90 Å². The first-order chi connectivity index (χ1) is 8.50. The molecule has 6 nitrogen and oxygen atoms in total. The zero-order valence-corrected chi connectivity index (χ0v) is 9.37. The number of nitrogens with zero attached hydrogens (tertiary/aromatic N) is 1. The minimum absolute atomic E-state index is 0.0898. The molecule has 0 unspecified atom stereocenters. The molecule has 6 heteroatoms. The molecule has 94 valence electrons. The molecule has 1 aliphatic rings. The van der Waals surface area contributed by atoms with Crippen LogP contribution in [0.15, 0.2) is 30.3 Å². The molecule has 1 aromatic rings. The molecule has 1 amide bonds. The van der Waals surface area contributed by atoms with E-state index in [4.69, 9.17) is 0 Å². The first-order valence-corrected chi connectivity index (χ1v) is 5.35. The zero-order chi connectivity index (χ0) is 13.3. The lowest BCUT2D eigenvalue weighted by Crippen LogP contribution is -2.58. The van der Waals surface area contributed by atoms with Gasteiger partial charge in [0.1, 0.15) is 0 Å². The van der Waals surface area contributed by atoms with Gasteiger partial charge in [0.25, 0.3) is 0 Å². The van der Waals surface area contributed by atoms with Gasteiger partial charge in [-0.25, -0.2) is 9.59 Å². The molecule has 2 N–H and O–H groups in total. The zero-order valence-electron chi connectivity index (χ0n) is 9.37. The number of carbonyl (C=O) groups is 3. The normalized spacial score (nSPS) is 17.8. The van der Waals surface area contributed by atoms with Crippen LogP contribution in [-0.2, 0) is 14.4 Å². The molecule has 0 spiro atoms. The third-order valence-corrected chi connectivity index (χ3v) is 3.05. The van der Waals surface area contributed by atoms with E-state index in [-0.39, 0.29) is 18.5 Å². The minimum atomic E-state index is -2.20. The summed E-state index contributed by atoms with van der Waals surface area (Å²) in [4.78, 5) is 35.3. The molecular formula is C12H11NO5. The number of hydrogen-bond donors (Lipinski definition) is 2. The highest BCUT2D eigenvalue weighted by atomic mass is 16.4. The average Bonchev–Trinajstić information content (AvgIpc) is 2.69. The number of benzene rings is 1. The van der Waals surface area contributed by atoms with Crippen LogP contribution in [-0.4, -0.2) is 33.6 Å². The molecule has 1 aliphatic heterocycles. The summed E-state index contributed by atoms with van der Waals surface area (Å²) in [6.07, 6.45) is -0.321. The summed E-state index contributed by atoms with van der Waals surface area (Å²) in [5.74, 6) is -3.54. The number of amides is 1. The quantitative estimate of drug-likeness (QED) is 0.770. The van der Waals surface area contributed by atoms with Gasteiger partial charge in [0.05, 0.1) is 0 Å². The van der Waals surface area contributed by atoms with Crippen LogP contribution in [0.5, 0.6) is 0 Å². The third kappa shape index (κ3) is 1.54. The van der Waals surface area contributed by atoms with Crippen molar-refractivity contribution in [2.24, 2.45) is 0 Å². The Kier molecular flexibility index (Phi) is 2.78.